The van der Waals surface area contributed by atoms with Crippen molar-refractivity contribution >= 4 is 5.69 Å². The summed E-state index contributed by atoms with van der Waals surface area (Å²) in [5.74, 6) is 3.15. The number of benzene rings is 1. The zero-order valence-corrected chi connectivity index (χ0v) is 12.4. The van der Waals surface area contributed by atoms with Crippen molar-refractivity contribution in [2.24, 2.45) is 13.0 Å². The SMILES string of the molecule is CC(C)Cc1nc(CC2CNc3ccccc32)n(C)n1. The van der Waals surface area contributed by atoms with Crippen molar-refractivity contribution in [1.82, 2.24) is 14.8 Å². The fourth-order valence-corrected chi connectivity index (χ4v) is 2.86. The summed E-state index contributed by atoms with van der Waals surface area (Å²) in [5, 5.41) is 8.01. The van der Waals surface area contributed by atoms with Crippen LogP contribution in [0.4, 0.5) is 5.69 Å². The summed E-state index contributed by atoms with van der Waals surface area (Å²) in [7, 11) is 2.00. The number of nitrogens with zero attached hydrogens (tertiary/aromatic N) is 3. The Balaban J connectivity index is 1.77. The van der Waals surface area contributed by atoms with Crippen LogP contribution in [0.2, 0.25) is 0 Å². The summed E-state index contributed by atoms with van der Waals surface area (Å²) >= 11 is 0. The lowest BCUT2D eigenvalue weighted by molar-refractivity contribution is 0.609. The molecule has 0 spiro atoms. The Kier molecular flexibility index (Phi) is 3.47. The van der Waals surface area contributed by atoms with Gasteiger partial charge in [0.05, 0.1) is 0 Å². The molecule has 3 rings (SSSR count). The van der Waals surface area contributed by atoms with Gasteiger partial charge in [0, 0.05) is 38.0 Å². The van der Waals surface area contributed by atoms with Crippen molar-refractivity contribution in [2.75, 3.05) is 11.9 Å². The number of aryl methyl sites for hydroxylation is 1. The number of para-hydroxylation sites is 1. The Hall–Kier alpha value is -1.84. The van der Waals surface area contributed by atoms with E-state index in [-0.39, 0.29) is 0 Å². The molecule has 20 heavy (non-hydrogen) atoms. The quantitative estimate of drug-likeness (QED) is 0.929. The largest absolute Gasteiger partial charge is 0.384 e. The van der Waals surface area contributed by atoms with Crippen molar-refractivity contribution in [2.45, 2.75) is 32.6 Å². The maximum Gasteiger partial charge on any atom is 0.151 e. The minimum atomic E-state index is 0.501. The molecule has 0 bridgehead atoms. The van der Waals surface area contributed by atoms with Gasteiger partial charge in [0.1, 0.15) is 5.82 Å². The summed E-state index contributed by atoms with van der Waals surface area (Å²) in [6.45, 7) is 5.39. The molecule has 0 fully saturated rings. The first kappa shape index (κ1) is 13.2. The van der Waals surface area contributed by atoms with E-state index in [9.17, 15) is 0 Å². The Morgan fingerprint density at radius 2 is 2.15 bits per heavy atom. The zero-order chi connectivity index (χ0) is 14.1. The van der Waals surface area contributed by atoms with Gasteiger partial charge in [0.15, 0.2) is 5.82 Å². The third-order valence-corrected chi connectivity index (χ3v) is 3.86. The predicted molar refractivity (Wildman–Crippen MR) is 80.9 cm³/mol. The fraction of sp³-hybridized carbons (Fsp3) is 0.500. The number of hydrogen-bond donors (Lipinski definition) is 1. The van der Waals surface area contributed by atoms with E-state index in [1.807, 2.05) is 11.7 Å². The Labute approximate surface area is 120 Å². The van der Waals surface area contributed by atoms with Gasteiger partial charge in [-0.05, 0) is 17.5 Å². The monoisotopic (exact) mass is 270 g/mol. The molecule has 1 aromatic carbocycles. The van der Waals surface area contributed by atoms with E-state index in [4.69, 9.17) is 4.98 Å². The van der Waals surface area contributed by atoms with Gasteiger partial charge in [-0.3, -0.25) is 4.68 Å². The first-order valence-electron chi connectivity index (χ1n) is 7.35. The number of aromatic nitrogens is 3. The van der Waals surface area contributed by atoms with E-state index in [1.165, 1.54) is 11.3 Å². The van der Waals surface area contributed by atoms with Crippen molar-refractivity contribution < 1.29 is 0 Å². The highest BCUT2D eigenvalue weighted by atomic mass is 15.3. The first-order valence-corrected chi connectivity index (χ1v) is 7.35. The van der Waals surface area contributed by atoms with E-state index >= 15 is 0 Å². The van der Waals surface area contributed by atoms with Gasteiger partial charge in [-0.2, -0.15) is 5.10 Å². The average molecular weight is 270 g/mol. The molecule has 0 saturated heterocycles. The van der Waals surface area contributed by atoms with Gasteiger partial charge in [-0.25, -0.2) is 4.98 Å². The van der Waals surface area contributed by atoms with Crippen molar-refractivity contribution in [3.63, 3.8) is 0 Å². The van der Waals surface area contributed by atoms with Crippen LogP contribution in [0.1, 0.15) is 37.0 Å². The molecule has 106 valence electrons. The van der Waals surface area contributed by atoms with Gasteiger partial charge in [0.25, 0.3) is 0 Å². The summed E-state index contributed by atoms with van der Waals surface area (Å²) < 4.78 is 1.94. The predicted octanol–water partition coefficient (Wildman–Crippen LogP) is 2.77. The number of rotatable bonds is 4. The van der Waals surface area contributed by atoms with Crippen LogP contribution in [0.15, 0.2) is 24.3 Å². The van der Waals surface area contributed by atoms with Gasteiger partial charge >= 0.3 is 0 Å². The van der Waals surface area contributed by atoms with Crippen LogP contribution in [0.25, 0.3) is 0 Å². The topological polar surface area (TPSA) is 42.7 Å². The highest BCUT2D eigenvalue weighted by Gasteiger charge is 2.23. The smallest absolute Gasteiger partial charge is 0.151 e. The molecule has 2 aromatic rings. The van der Waals surface area contributed by atoms with Crippen molar-refractivity contribution in [1.29, 1.82) is 0 Å². The summed E-state index contributed by atoms with van der Waals surface area (Å²) in [6.07, 6.45) is 1.90. The maximum atomic E-state index is 4.71. The minimum absolute atomic E-state index is 0.501. The molecule has 4 heteroatoms. The van der Waals surface area contributed by atoms with Gasteiger partial charge in [-0.15, -0.1) is 0 Å². The van der Waals surface area contributed by atoms with E-state index in [0.717, 1.165) is 31.0 Å². The molecule has 0 aliphatic carbocycles. The van der Waals surface area contributed by atoms with E-state index < -0.39 is 0 Å². The lowest BCUT2D eigenvalue weighted by Crippen LogP contribution is -2.09. The van der Waals surface area contributed by atoms with Crippen LogP contribution < -0.4 is 5.32 Å². The van der Waals surface area contributed by atoms with E-state index in [1.54, 1.807) is 0 Å². The van der Waals surface area contributed by atoms with Crippen LogP contribution in [0.5, 0.6) is 0 Å². The number of anilines is 1. The Bertz CT molecular complexity index is 600. The average Bonchev–Trinajstić information content (AvgIpc) is 2.95. The van der Waals surface area contributed by atoms with Gasteiger partial charge in [0.2, 0.25) is 0 Å². The lowest BCUT2D eigenvalue weighted by atomic mass is 9.97. The van der Waals surface area contributed by atoms with Gasteiger partial charge in [-0.1, -0.05) is 32.0 Å². The molecule has 0 saturated carbocycles. The molecular weight excluding hydrogens is 248 g/mol. The van der Waals surface area contributed by atoms with Crippen LogP contribution in [0.3, 0.4) is 0 Å². The van der Waals surface area contributed by atoms with Crippen LogP contribution >= 0.6 is 0 Å². The molecular formula is C16H22N4. The zero-order valence-electron chi connectivity index (χ0n) is 12.4. The molecule has 1 atom stereocenters. The third-order valence-electron chi connectivity index (χ3n) is 3.86. The Morgan fingerprint density at radius 1 is 1.35 bits per heavy atom. The molecule has 1 unspecified atom stereocenters. The Morgan fingerprint density at radius 3 is 2.95 bits per heavy atom. The van der Waals surface area contributed by atoms with E-state index in [0.29, 0.717) is 11.8 Å². The molecule has 0 radical (unpaired) electrons. The summed E-state index contributed by atoms with van der Waals surface area (Å²) in [4.78, 5) is 4.71. The third kappa shape index (κ3) is 2.55. The van der Waals surface area contributed by atoms with E-state index in [2.05, 4.69) is 48.5 Å². The molecule has 1 aliphatic rings. The first-order chi connectivity index (χ1) is 9.63. The molecule has 2 heterocycles. The molecule has 1 N–H and O–H groups in total. The summed E-state index contributed by atoms with van der Waals surface area (Å²) in [5.41, 5.74) is 2.67. The molecule has 1 aromatic heterocycles. The highest BCUT2D eigenvalue weighted by molar-refractivity contribution is 5.57. The lowest BCUT2D eigenvalue weighted by Gasteiger charge is -2.08. The standard InChI is InChI=1S/C16H22N4/c1-11(2)8-15-18-16(20(3)19-15)9-12-10-17-14-7-5-4-6-13(12)14/h4-7,11-12,17H,8-10H2,1-3H3. The maximum absolute atomic E-state index is 4.71. The van der Waals surface area contributed by atoms with Gasteiger partial charge < -0.3 is 5.32 Å². The fourth-order valence-electron chi connectivity index (χ4n) is 2.86. The number of fused-ring (bicyclic) bond motifs is 1. The second kappa shape index (κ2) is 5.27. The second-order valence-electron chi connectivity index (χ2n) is 6.04. The van der Waals surface area contributed by atoms with Crippen LogP contribution in [-0.2, 0) is 19.9 Å². The van der Waals surface area contributed by atoms with Crippen LogP contribution in [0, 0.1) is 5.92 Å². The second-order valence-corrected chi connectivity index (χ2v) is 6.04. The summed E-state index contributed by atoms with van der Waals surface area (Å²) in [6, 6.07) is 8.55. The molecule has 1 aliphatic heterocycles. The van der Waals surface area contributed by atoms with Crippen molar-refractivity contribution in [3.8, 4) is 0 Å². The van der Waals surface area contributed by atoms with Crippen LogP contribution in [-0.4, -0.2) is 21.3 Å². The minimum Gasteiger partial charge on any atom is -0.384 e. The number of hydrogen-bond acceptors (Lipinski definition) is 3. The number of nitrogens with one attached hydrogen (secondary N) is 1. The molecule has 0 amide bonds. The highest BCUT2D eigenvalue weighted by Crippen LogP contribution is 2.32. The normalized spacial score (nSPS) is 17.3. The van der Waals surface area contributed by atoms with Crippen molar-refractivity contribution in [3.05, 3.63) is 41.5 Å². The molecule has 4 nitrogen and oxygen atoms in total.